The molecule has 0 bridgehead atoms. The quantitative estimate of drug-likeness (QED) is 0.743. The van der Waals surface area contributed by atoms with Gasteiger partial charge in [0.05, 0.1) is 13.1 Å². The number of hydrogen-bond donors (Lipinski definition) is 1. The summed E-state index contributed by atoms with van der Waals surface area (Å²) in [6.07, 6.45) is 4.00. The monoisotopic (exact) mass is 292 g/mol. The van der Waals surface area contributed by atoms with Crippen LogP contribution in [0.5, 0.6) is 0 Å². The molecule has 0 atom stereocenters. The molecule has 0 radical (unpaired) electrons. The molecule has 0 amide bonds. The zero-order valence-electron chi connectivity index (χ0n) is 14.4. The minimum absolute atomic E-state index is 0.493. The van der Waals surface area contributed by atoms with E-state index in [0.717, 1.165) is 36.6 Å². The number of rotatable bonds is 9. The van der Waals surface area contributed by atoms with Crippen molar-refractivity contribution in [3.05, 3.63) is 23.2 Å². The second kappa shape index (κ2) is 7.46. The SMILES string of the molecule is Cc1cc(CN(CCC(C)C)C2CC2)oc1CNC(C)C. The average molecular weight is 292 g/mol. The third kappa shape index (κ3) is 5.48. The number of nitrogens with one attached hydrogen (secondary N) is 1. The van der Waals surface area contributed by atoms with Gasteiger partial charge in [0, 0.05) is 12.1 Å². The van der Waals surface area contributed by atoms with Crippen LogP contribution in [0.25, 0.3) is 0 Å². The molecule has 1 aromatic rings. The summed E-state index contributed by atoms with van der Waals surface area (Å²) in [5, 5.41) is 3.44. The van der Waals surface area contributed by atoms with Crippen molar-refractivity contribution < 1.29 is 4.42 Å². The molecule has 0 unspecified atom stereocenters. The van der Waals surface area contributed by atoms with Gasteiger partial charge >= 0.3 is 0 Å². The molecule has 120 valence electrons. The van der Waals surface area contributed by atoms with E-state index in [0.29, 0.717) is 6.04 Å². The smallest absolute Gasteiger partial charge is 0.120 e. The van der Waals surface area contributed by atoms with E-state index in [9.17, 15) is 0 Å². The van der Waals surface area contributed by atoms with Crippen molar-refractivity contribution in [3.8, 4) is 0 Å². The Hall–Kier alpha value is -0.800. The van der Waals surface area contributed by atoms with Crippen LogP contribution < -0.4 is 5.32 Å². The Balaban J connectivity index is 1.92. The molecule has 0 saturated heterocycles. The lowest BCUT2D eigenvalue weighted by Crippen LogP contribution is -2.27. The third-order valence-electron chi connectivity index (χ3n) is 4.16. The Bertz CT molecular complexity index is 432. The fraction of sp³-hybridized carbons (Fsp3) is 0.778. The van der Waals surface area contributed by atoms with E-state index in [2.05, 4.69) is 50.9 Å². The molecule has 1 aromatic heterocycles. The molecule has 3 heteroatoms. The van der Waals surface area contributed by atoms with Gasteiger partial charge in [-0.05, 0) is 50.3 Å². The molecular weight excluding hydrogens is 260 g/mol. The van der Waals surface area contributed by atoms with E-state index in [1.54, 1.807) is 0 Å². The molecule has 1 fully saturated rings. The predicted octanol–water partition coefficient (Wildman–Crippen LogP) is 4.10. The zero-order valence-corrected chi connectivity index (χ0v) is 14.4. The van der Waals surface area contributed by atoms with Gasteiger partial charge in [-0.1, -0.05) is 27.7 Å². The summed E-state index contributed by atoms with van der Waals surface area (Å²) in [5.41, 5.74) is 1.28. The van der Waals surface area contributed by atoms with Gasteiger partial charge in [0.15, 0.2) is 0 Å². The first kappa shape index (κ1) is 16.6. The first-order valence-corrected chi connectivity index (χ1v) is 8.51. The van der Waals surface area contributed by atoms with Crippen molar-refractivity contribution in [1.82, 2.24) is 10.2 Å². The fourth-order valence-corrected chi connectivity index (χ4v) is 2.60. The third-order valence-corrected chi connectivity index (χ3v) is 4.16. The Morgan fingerprint density at radius 1 is 1.29 bits per heavy atom. The summed E-state index contributed by atoms with van der Waals surface area (Å²) in [6, 6.07) is 3.51. The van der Waals surface area contributed by atoms with Crippen LogP contribution in [0.1, 0.15) is 64.0 Å². The van der Waals surface area contributed by atoms with E-state index in [4.69, 9.17) is 4.42 Å². The van der Waals surface area contributed by atoms with Crippen LogP contribution >= 0.6 is 0 Å². The van der Waals surface area contributed by atoms with Crippen LogP contribution in [-0.2, 0) is 13.1 Å². The Labute approximate surface area is 130 Å². The summed E-state index contributed by atoms with van der Waals surface area (Å²) in [5.74, 6) is 3.00. The molecule has 0 spiro atoms. The predicted molar refractivity (Wildman–Crippen MR) is 88.3 cm³/mol. The number of hydrogen-bond acceptors (Lipinski definition) is 3. The van der Waals surface area contributed by atoms with E-state index in [1.807, 2.05) is 0 Å². The molecule has 1 saturated carbocycles. The topological polar surface area (TPSA) is 28.4 Å². The fourth-order valence-electron chi connectivity index (χ4n) is 2.60. The lowest BCUT2D eigenvalue weighted by atomic mass is 10.1. The summed E-state index contributed by atoms with van der Waals surface area (Å²) in [7, 11) is 0. The summed E-state index contributed by atoms with van der Waals surface area (Å²) < 4.78 is 6.08. The Morgan fingerprint density at radius 2 is 2.00 bits per heavy atom. The molecule has 0 aromatic carbocycles. The molecule has 1 aliphatic rings. The van der Waals surface area contributed by atoms with Gasteiger partial charge in [-0.2, -0.15) is 0 Å². The maximum Gasteiger partial charge on any atom is 0.120 e. The van der Waals surface area contributed by atoms with Crippen molar-refractivity contribution in [1.29, 1.82) is 0 Å². The van der Waals surface area contributed by atoms with Gasteiger partial charge < -0.3 is 9.73 Å². The average Bonchev–Trinajstić information content (AvgIpc) is 3.17. The van der Waals surface area contributed by atoms with E-state index in [1.165, 1.54) is 31.4 Å². The van der Waals surface area contributed by atoms with Gasteiger partial charge in [0.2, 0.25) is 0 Å². The number of aryl methyl sites for hydroxylation is 1. The number of furan rings is 1. The zero-order chi connectivity index (χ0) is 15.4. The maximum absolute atomic E-state index is 6.08. The summed E-state index contributed by atoms with van der Waals surface area (Å²) in [4.78, 5) is 2.61. The normalized spacial score (nSPS) is 15.6. The van der Waals surface area contributed by atoms with Crippen LogP contribution in [0.4, 0.5) is 0 Å². The van der Waals surface area contributed by atoms with Crippen LogP contribution in [0.2, 0.25) is 0 Å². The minimum Gasteiger partial charge on any atom is -0.463 e. The van der Waals surface area contributed by atoms with Crippen molar-refractivity contribution >= 4 is 0 Å². The largest absolute Gasteiger partial charge is 0.463 e. The van der Waals surface area contributed by atoms with Crippen molar-refractivity contribution in [3.63, 3.8) is 0 Å². The van der Waals surface area contributed by atoms with Gasteiger partial charge in [0.1, 0.15) is 11.5 Å². The molecule has 1 heterocycles. The van der Waals surface area contributed by atoms with Crippen LogP contribution in [0.3, 0.4) is 0 Å². The van der Waals surface area contributed by atoms with Gasteiger partial charge in [-0.15, -0.1) is 0 Å². The second-order valence-corrected chi connectivity index (χ2v) is 7.24. The maximum atomic E-state index is 6.08. The van der Waals surface area contributed by atoms with Crippen molar-refractivity contribution in [2.45, 2.75) is 79.1 Å². The molecule has 1 N–H and O–H groups in total. The first-order valence-electron chi connectivity index (χ1n) is 8.51. The molecular formula is C18H32N2O. The number of nitrogens with zero attached hydrogens (tertiary/aromatic N) is 1. The van der Waals surface area contributed by atoms with Gasteiger partial charge in [0.25, 0.3) is 0 Å². The lowest BCUT2D eigenvalue weighted by molar-refractivity contribution is 0.218. The van der Waals surface area contributed by atoms with Gasteiger partial charge in [-0.3, -0.25) is 4.90 Å². The Kier molecular flexibility index (Phi) is 5.88. The van der Waals surface area contributed by atoms with Crippen molar-refractivity contribution in [2.24, 2.45) is 5.92 Å². The highest BCUT2D eigenvalue weighted by atomic mass is 16.3. The standard InChI is InChI=1S/C18H32N2O/c1-13(2)8-9-20(16-6-7-16)12-17-10-15(5)18(21-17)11-19-14(3)4/h10,13-14,16,19H,6-9,11-12H2,1-5H3. The first-order chi connectivity index (χ1) is 9.95. The van der Waals surface area contributed by atoms with Crippen LogP contribution in [-0.4, -0.2) is 23.5 Å². The van der Waals surface area contributed by atoms with E-state index < -0.39 is 0 Å². The Morgan fingerprint density at radius 3 is 2.57 bits per heavy atom. The second-order valence-electron chi connectivity index (χ2n) is 7.24. The molecule has 2 rings (SSSR count). The highest BCUT2D eigenvalue weighted by molar-refractivity contribution is 5.20. The van der Waals surface area contributed by atoms with E-state index >= 15 is 0 Å². The van der Waals surface area contributed by atoms with Gasteiger partial charge in [-0.25, -0.2) is 0 Å². The highest BCUT2D eigenvalue weighted by Crippen LogP contribution is 2.29. The summed E-state index contributed by atoms with van der Waals surface area (Å²) >= 11 is 0. The molecule has 21 heavy (non-hydrogen) atoms. The lowest BCUT2D eigenvalue weighted by Gasteiger charge is -2.21. The summed E-state index contributed by atoms with van der Waals surface area (Å²) in [6.45, 7) is 14.1. The van der Waals surface area contributed by atoms with E-state index in [-0.39, 0.29) is 0 Å². The molecule has 0 aliphatic heterocycles. The van der Waals surface area contributed by atoms with Crippen LogP contribution in [0, 0.1) is 12.8 Å². The molecule has 3 nitrogen and oxygen atoms in total. The minimum atomic E-state index is 0.493. The molecule has 1 aliphatic carbocycles. The van der Waals surface area contributed by atoms with Crippen LogP contribution in [0.15, 0.2) is 10.5 Å². The highest BCUT2D eigenvalue weighted by Gasteiger charge is 2.29. The van der Waals surface area contributed by atoms with Crippen molar-refractivity contribution in [2.75, 3.05) is 6.54 Å².